The van der Waals surface area contributed by atoms with Crippen molar-refractivity contribution in [3.8, 4) is 22.2 Å². The Bertz CT molecular complexity index is 1010. The first-order chi connectivity index (χ1) is 12.1. The third-order valence-electron chi connectivity index (χ3n) is 3.65. The van der Waals surface area contributed by atoms with E-state index in [0.29, 0.717) is 17.5 Å². The summed E-state index contributed by atoms with van der Waals surface area (Å²) in [6.45, 7) is 0. The number of rotatable bonds is 4. The van der Waals surface area contributed by atoms with Crippen LogP contribution in [0.2, 0.25) is 0 Å². The summed E-state index contributed by atoms with van der Waals surface area (Å²) in [5, 5.41) is 14.2. The lowest BCUT2D eigenvalue weighted by atomic mass is 10.2. The van der Waals surface area contributed by atoms with Gasteiger partial charge in [0.15, 0.2) is 17.5 Å². The summed E-state index contributed by atoms with van der Waals surface area (Å²) in [5.41, 5.74) is 0.878. The van der Waals surface area contributed by atoms with E-state index in [9.17, 15) is 0 Å². The highest BCUT2D eigenvalue weighted by molar-refractivity contribution is 14.1. The van der Waals surface area contributed by atoms with Gasteiger partial charge in [-0.3, -0.25) is 0 Å². The molecule has 6 nitrogen and oxygen atoms in total. The molecule has 0 radical (unpaired) electrons. The minimum Gasteiger partial charge on any atom is -0.334 e. The maximum atomic E-state index is 5.40. The van der Waals surface area contributed by atoms with Gasteiger partial charge in [-0.05, 0) is 52.2 Å². The zero-order valence-electron chi connectivity index (χ0n) is 13.0. The molecule has 3 aromatic heterocycles. The molecule has 0 bridgehead atoms. The molecular weight excluding hydrogens is 469 g/mol. The minimum absolute atomic E-state index is 0.425. The molecule has 3 heterocycles. The van der Waals surface area contributed by atoms with Gasteiger partial charge in [-0.2, -0.15) is 17.6 Å². The summed E-state index contributed by atoms with van der Waals surface area (Å²) in [6, 6.07) is 11.9. The Morgan fingerprint density at radius 2 is 2.12 bits per heavy atom. The molecule has 0 saturated heterocycles. The van der Waals surface area contributed by atoms with Crippen molar-refractivity contribution >= 4 is 46.6 Å². The fourth-order valence-corrected chi connectivity index (χ4v) is 4.02. The second-order valence-electron chi connectivity index (χ2n) is 5.29. The van der Waals surface area contributed by atoms with Crippen LogP contribution in [0.1, 0.15) is 16.9 Å². The zero-order chi connectivity index (χ0) is 17.4. The van der Waals surface area contributed by atoms with E-state index in [1.54, 1.807) is 11.3 Å². The van der Waals surface area contributed by atoms with Crippen LogP contribution in [0.25, 0.3) is 22.2 Å². The normalized spacial score (nSPS) is 12.4. The smallest absolute Gasteiger partial charge is 0.258 e. The van der Waals surface area contributed by atoms with Crippen molar-refractivity contribution < 1.29 is 4.52 Å². The molecule has 0 aliphatic heterocycles. The zero-order valence-corrected chi connectivity index (χ0v) is 16.9. The fourth-order valence-electron chi connectivity index (χ4n) is 2.40. The van der Waals surface area contributed by atoms with Gasteiger partial charge >= 0.3 is 0 Å². The van der Waals surface area contributed by atoms with Crippen LogP contribution >= 0.6 is 46.6 Å². The van der Waals surface area contributed by atoms with Gasteiger partial charge in [0, 0.05) is 16.2 Å². The first kappa shape index (κ1) is 16.7. The molecule has 9 heteroatoms. The monoisotopic (exact) mass is 481 g/mol. The molecule has 4 aromatic rings. The second-order valence-corrected chi connectivity index (χ2v) is 8.00. The van der Waals surface area contributed by atoms with Gasteiger partial charge in [-0.25, -0.2) is 0 Å². The van der Waals surface area contributed by atoms with Gasteiger partial charge < -0.3 is 9.09 Å². The highest BCUT2D eigenvalue weighted by Crippen LogP contribution is 2.30. The summed E-state index contributed by atoms with van der Waals surface area (Å²) in [6.07, 6.45) is 0. The molecule has 0 aliphatic rings. The largest absolute Gasteiger partial charge is 0.334 e. The van der Waals surface area contributed by atoms with Crippen LogP contribution in [0.15, 0.2) is 46.3 Å². The Balaban J connectivity index is 1.65. The molecule has 0 spiro atoms. The van der Waals surface area contributed by atoms with Gasteiger partial charge in [0.05, 0.1) is 4.88 Å². The third kappa shape index (κ3) is 3.23. The van der Waals surface area contributed by atoms with Gasteiger partial charge in [0.2, 0.25) is 0 Å². The van der Waals surface area contributed by atoms with Gasteiger partial charge in [-0.15, -0.1) is 21.5 Å². The van der Waals surface area contributed by atoms with Crippen molar-refractivity contribution in [2.75, 3.05) is 0 Å². The lowest BCUT2D eigenvalue weighted by Gasteiger charge is -2.06. The van der Waals surface area contributed by atoms with Crippen molar-refractivity contribution in [1.82, 2.24) is 24.9 Å². The minimum atomic E-state index is -0.425. The van der Waals surface area contributed by atoms with E-state index in [4.69, 9.17) is 4.52 Å². The molecule has 25 heavy (non-hydrogen) atoms. The van der Waals surface area contributed by atoms with Crippen molar-refractivity contribution in [2.45, 2.75) is 5.25 Å². The predicted octanol–water partition coefficient (Wildman–Crippen LogP) is 4.22. The van der Waals surface area contributed by atoms with Crippen molar-refractivity contribution in [3.63, 3.8) is 0 Å². The van der Waals surface area contributed by atoms with Crippen molar-refractivity contribution in [1.29, 1.82) is 0 Å². The van der Waals surface area contributed by atoms with Crippen LogP contribution < -0.4 is 0 Å². The number of halogens is 1. The van der Waals surface area contributed by atoms with E-state index in [0.717, 1.165) is 19.8 Å². The molecule has 0 aliphatic carbocycles. The van der Waals surface area contributed by atoms with Crippen LogP contribution in [0.4, 0.5) is 0 Å². The first-order valence-electron chi connectivity index (χ1n) is 7.34. The van der Waals surface area contributed by atoms with E-state index in [2.05, 4.69) is 55.6 Å². The van der Waals surface area contributed by atoms with Gasteiger partial charge in [0.25, 0.3) is 5.89 Å². The summed E-state index contributed by atoms with van der Waals surface area (Å²) in [5.74, 6) is 2.39. The molecule has 1 atom stereocenters. The third-order valence-corrected chi connectivity index (χ3v) is 5.65. The molecule has 0 fully saturated rings. The first-order valence-corrected chi connectivity index (χ1v) is 9.82. The lowest BCUT2D eigenvalue weighted by molar-refractivity contribution is 0.423. The highest BCUT2D eigenvalue weighted by Gasteiger charge is 2.24. The Morgan fingerprint density at radius 3 is 2.88 bits per heavy atom. The average Bonchev–Trinajstić information content (AvgIpc) is 3.35. The Labute approximate surface area is 166 Å². The fraction of sp³-hybridized carbons (Fsp3) is 0.125. The Kier molecular flexibility index (Phi) is 4.61. The van der Waals surface area contributed by atoms with Crippen LogP contribution in [-0.2, 0) is 7.05 Å². The number of hydrogen-bond acceptors (Lipinski definition) is 7. The van der Waals surface area contributed by atoms with E-state index < -0.39 is 5.25 Å². The quantitative estimate of drug-likeness (QED) is 0.349. The molecule has 0 amide bonds. The molecule has 1 aromatic carbocycles. The van der Waals surface area contributed by atoms with Crippen molar-refractivity contribution in [2.24, 2.45) is 7.05 Å². The number of nitrogens with zero attached hydrogens (tertiary/aromatic N) is 5. The molecule has 0 N–H and O–H groups in total. The number of hydrogen-bond donors (Lipinski definition) is 1. The van der Waals surface area contributed by atoms with Gasteiger partial charge in [-0.1, -0.05) is 17.3 Å². The van der Waals surface area contributed by atoms with Crippen LogP contribution in [-0.4, -0.2) is 24.9 Å². The molecular formula is C16H12IN5OS2. The SMILES string of the molecule is Cn1c(-c2cccs2)nnc1C(S)c1noc(-c2cccc(I)c2)n1. The van der Waals surface area contributed by atoms with Gasteiger partial charge in [0.1, 0.15) is 5.25 Å². The summed E-state index contributed by atoms with van der Waals surface area (Å²) in [7, 11) is 1.91. The summed E-state index contributed by atoms with van der Waals surface area (Å²) in [4.78, 5) is 5.53. The van der Waals surface area contributed by atoms with E-state index in [1.807, 2.05) is 53.4 Å². The van der Waals surface area contributed by atoms with Crippen LogP contribution in [0.5, 0.6) is 0 Å². The van der Waals surface area contributed by atoms with Crippen LogP contribution in [0, 0.1) is 3.57 Å². The topological polar surface area (TPSA) is 69.6 Å². The molecule has 126 valence electrons. The second kappa shape index (κ2) is 6.89. The standard InChI is InChI=1S/C16H12IN5OS2/c1-22-14(11-6-3-7-25-11)19-20-15(22)12(24)13-18-16(23-21-13)9-4-2-5-10(17)8-9/h2-8,12,24H,1H3. The number of thiophene rings is 1. The lowest BCUT2D eigenvalue weighted by Crippen LogP contribution is -2.05. The number of benzene rings is 1. The summed E-state index contributed by atoms with van der Waals surface area (Å²) >= 11 is 8.49. The maximum Gasteiger partial charge on any atom is 0.258 e. The highest BCUT2D eigenvalue weighted by atomic mass is 127. The van der Waals surface area contributed by atoms with E-state index in [-0.39, 0.29) is 0 Å². The number of aromatic nitrogens is 5. The van der Waals surface area contributed by atoms with Crippen LogP contribution in [0.3, 0.4) is 0 Å². The Morgan fingerprint density at radius 1 is 1.24 bits per heavy atom. The number of thiol groups is 1. The average molecular weight is 481 g/mol. The van der Waals surface area contributed by atoms with Crippen molar-refractivity contribution in [3.05, 3.63) is 57.0 Å². The molecule has 1 unspecified atom stereocenters. The molecule has 0 saturated carbocycles. The summed E-state index contributed by atoms with van der Waals surface area (Å²) < 4.78 is 8.41. The predicted molar refractivity (Wildman–Crippen MR) is 108 cm³/mol. The van der Waals surface area contributed by atoms with E-state index in [1.165, 1.54) is 0 Å². The molecule has 4 rings (SSSR count). The maximum absolute atomic E-state index is 5.40. The Hall–Kier alpha value is -1.72. The van der Waals surface area contributed by atoms with E-state index >= 15 is 0 Å².